The third kappa shape index (κ3) is 3.06. The molecule has 1 aromatic heterocycles. The molecule has 1 aromatic carbocycles. The van der Waals surface area contributed by atoms with E-state index < -0.39 is 17.7 Å². The van der Waals surface area contributed by atoms with Crippen molar-refractivity contribution in [3.05, 3.63) is 51.3 Å². The number of H-pyrrole nitrogens is 1. The summed E-state index contributed by atoms with van der Waals surface area (Å²) in [6.45, 7) is 4.27. The van der Waals surface area contributed by atoms with Gasteiger partial charge in [-0.15, -0.1) is 0 Å². The quantitative estimate of drug-likeness (QED) is 0.826. The highest BCUT2D eigenvalue weighted by molar-refractivity contribution is 5.97. The number of nitrogens with zero attached hydrogens (tertiary/aromatic N) is 3. The maximum absolute atomic E-state index is 12.9. The van der Waals surface area contributed by atoms with Crippen LogP contribution in [0.1, 0.15) is 22.6 Å². The Hall–Kier alpha value is -3.18. The Balaban J connectivity index is 1.84. The van der Waals surface area contributed by atoms with Gasteiger partial charge in [-0.3, -0.25) is 14.6 Å². The summed E-state index contributed by atoms with van der Waals surface area (Å²) < 4.78 is 5.33. The third-order valence-corrected chi connectivity index (χ3v) is 5.00. The van der Waals surface area contributed by atoms with Gasteiger partial charge in [0, 0.05) is 19.0 Å². The summed E-state index contributed by atoms with van der Waals surface area (Å²) in [5, 5.41) is 12.2. The lowest BCUT2D eigenvalue weighted by atomic mass is 9.79. The molecular formula is C19H19N5O3. The van der Waals surface area contributed by atoms with Crippen LogP contribution in [0.5, 0.6) is 0 Å². The van der Waals surface area contributed by atoms with Crippen LogP contribution in [0.15, 0.2) is 29.1 Å². The monoisotopic (exact) mass is 365 g/mol. The number of hydrogen-bond donors (Lipinski definition) is 2. The normalized spacial score (nSPS) is 21.9. The Morgan fingerprint density at radius 3 is 2.59 bits per heavy atom. The van der Waals surface area contributed by atoms with E-state index in [1.165, 1.54) is 0 Å². The number of aromatic amines is 1. The minimum Gasteiger partial charge on any atom is -0.378 e. The van der Waals surface area contributed by atoms with Crippen LogP contribution in [0.3, 0.4) is 0 Å². The first kappa shape index (κ1) is 17.2. The zero-order valence-electron chi connectivity index (χ0n) is 14.9. The summed E-state index contributed by atoms with van der Waals surface area (Å²) >= 11 is 0. The number of anilines is 2. The number of nitrogens with one attached hydrogen (secondary N) is 2. The van der Waals surface area contributed by atoms with Crippen molar-refractivity contribution < 1.29 is 9.53 Å². The molecule has 1 saturated heterocycles. The van der Waals surface area contributed by atoms with E-state index in [4.69, 9.17) is 4.74 Å². The molecule has 0 unspecified atom stereocenters. The molecule has 0 spiro atoms. The number of aryl methyl sites for hydroxylation is 1. The number of amides is 1. The van der Waals surface area contributed by atoms with E-state index >= 15 is 0 Å². The van der Waals surface area contributed by atoms with Gasteiger partial charge < -0.3 is 15.0 Å². The zero-order chi connectivity index (χ0) is 19.0. The Kier molecular flexibility index (Phi) is 4.38. The molecule has 2 aromatic rings. The van der Waals surface area contributed by atoms with Crippen molar-refractivity contribution in [1.82, 2.24) is 9.97 Å². The van der Waals surface area contributed by atoms with Crippen LogP contribution < -0.4 is 15.8 Å². The van der Waals surface area contributed by atoms with Gasteiger partial charge in [-0.1, -0.05) is 29.8 Å². The van der Waals surface area contributed by atoms with E-state index in [1.54, 1.807) is 0 Å². The van der Waals surface area contributed by atoms with Gasteiger partial charge >= 0.3 is 0 Å². The van der Waals surface area contributed by atoms with Crippen molar-refractivity contribution >= 4 is 17.7 Å². The molecule has 2 aliphatic rings. The number of ether oxygens (including phenoxy) is 1. The third-order valence-electron chi connectivity index (χ3n) is 5.00. The molecule has 0 radical (unpaired) electrons. The van der Waals surface area contributed by atoms with Crippen molar-refractivity contribution in [2.24, 2.45) is 5.92 Å². The zero-order valence-corrected chi connectivity index (χ0v) is 14.9. The lowest BCUT2D eigenvalue weighted by Crippen LogP contribution is -2.41. The standard InChI is InChI=1S/C19H19N5O3/c1-11-2-4-12(5-3-11)14-13(10-20)17(25)21-16-15(14)18(26)23-19(22-16)24-6-8-27-9-7-24/h2-5,13-14H,6-9H2,1H3,(H2,21,22,23,25,26)/t13-,14+/m0/s1. The number of fused-ring (bicyclic) bond motifs is 1. The lowest BCUT2D eigenvalue weighted by Gasteiger charge is -2.31. The highest BCUT2D eigenvalue weighted by Gasteiger charge is 2.40. The van der Waals surface area contributed by atoms with Crippen LogP contribution in [-0.4, -0.2) is 42.2 Å². The Labute approximate surface area is 155 Å². The summed E-state index contributed by atoms with van der Waals surface area (Å²) in [5.41, 5.74) is 1.78. The van der Waals surface area contributed by atoms with Crippen LogP contribution in [0.2, 0.25) is 0 Å². The average Bonchev–Trinajstić information content (AvgIpc) is 2.68. The largest absolute Gasteiger partial charge is 0.378 e. The number of carbonyl (C=O) groups excluding carboxylic acids is 1. The van der Waals surface area contributed by atoms with E-state index in [0.29, 0.717) is 37.8 Å². The van der Waals surface area contributed by atoms with Crippen LogP contribution in [0.4, 0.5) is 11.8 Å². The minimum absolute atomic E-state index is 0.224. The molecule has 0 bridgehead atoms. The topological polar surface area (TPSA) is 111 Å². The molecule has 3 heterocycles. The molecule has 138 valence electrons. The van der Waals surface area contributed by atoms with Gasteiger partial charge in [0.2, 0.25) is 11.9 Å². The second kappa shape index (κ2) is 6.85. The summed E-state index contributed by atoms with van der Waals surface area (Å²) in [6, 6.07) is 9.55. The molecule has 0 saturated carbocycles. The molecule has 0 aliphatic carbocycles. The molecule has 4 rings (SSSR count). The van der Waals surface area contributed by atoms with E-state index in [0.717, 1.165) is 11.1 Å². The second-order valence-electron chi connectivity index (χ2n) is 6.74. The SMILES string of the molecule is Cc1ccc([C@H]2c3c(nc(N4CCOCC4)[nH]c3=O)NC(=O)[C@H]2C#N)cc1. The summed E-state index contributed by atoms with van der Waals surface area (Å²) in [4.78, 5) is 34.7. The number of morpholine rings is 1. The van der Waals surface area contributed by atoms with Gasteiger partial charge in [0.1, 0.15) is 11.7 Å². The first-order valence-electron chi connectivity index (χ1n) is 8.82. The average molecular weight is 365 g/mol. The molecule has 27 heavy (non-hydrogen) atoms. The summed E-state index contributed by atoms with van der Waals surface area (Å²) in [6.07, 6.45) is 0. The van der Waals surface area contributed by atoms with Crippen LogP contribution in [0, 0.1) is 24.2 Å². The Bertz CT molecular complexity index is 970. The van der Waals surface area contributed by atoms with Gasteiger partial charge in [-0.05, 0) is 12.5 Å². The minimum atomic E-state index is -0.989. The first-order valence-corrected chi connectivity index (χ1v) is 8.82. The fourth-order valence-corrected chi connectivity index (χ4v) is 3.56. The molecule has 1 fully saturated rings. The number of hydrogen-bond acceptors (Lipinski definition) is 6. The van der Waals surface area contributed by atoms with Gasteiger partial charge in [0.15, 0.2) is 0 Å². The molecule has 2 N–H and O–H groups in total. The Morgan fingerprint density at radius 2 is 1.93 bits per heavy atom. The highest BCUT2D eigenvalue weighted by Crippen LogP contribution is 2.38. The van der Waals surface area contributed by atoms with Gasteiger partial charge in [0.05, 0.1) is 24.8 Å². The van der Waals surface area contributed by atoms with E-state index in [1.807, 2.05) is 42.2 Å². The summed E-state index contributed by atoms with van der Waals surface area (Å²) in [5.74, 6) is -1.46. The predicted octanol–water partition coefficient (Wildman–Crippen LogP) is 1.14. The molecule has 2 atom stereocenters. The van der Waals surface area contributed by atoms with Gasteiger partial charge in [0.25, 0.3) is 5.56 Å². The first-order chi connectivity index (χ1) is 13.1. The van der Waals surface area contributed by atoms with Crippen molar-refractivity contribution in [2.45, 2.75) is 12.8 Å². The fourth-order valence-electron chi connectivity index (χ4n) is 3.56. The molecule has 2 aliphatic heterocycles. The van der Waals surface area contributed by atoms with Crippen LogP contribution in [0.25, 0.3) is 0 Å². The van der Waals surface area contributed by atoms with E-state index in [2.05, 4.69) is 15.3 Å². The Morgan fingerprint density at radius 1 is 1.22 bits per heavy atom. The highest BCUT2D eigenvalue weighted by atomic mass is 16.5. The van der Waals surface area contributed by atoms with Crippen LogP contribution in [-0.2, 0) is 9.53 Å². The van der Waals surface area contributed by atoms with Gasteiger partial charge in [-0.2, -0.15) is 10.2 Å². The van der Waals surface area contributed by atoms with Crippen molar-refractivity contribution in [1.29, 1.82) is 5.26 Å². The summed E-state index contributed by atoms with van der Waals surface area (Å²) in [7, 11) is 0. The number of aromatic nitrogens is 2. The smallest absolute Gasteiger partial charge is 0.258 e. The predicted molar refractivity (Wildman–Crippen MR) is 98.6 cm³/mol. The number of carbonyl (C=O) groups is 1. The van der Waals surface area contributed by atoms with E-state index in [9.17, 15) is 14.9 Å². The molecular weight excluding hydrogens is 346 g/mol. The maximum Gasteiger partial charge on any atom is 0.258 e. The number of nitriles is 1. The second-order valence-corrected chi connectivity index (χ2v) is 6.74. The van der Waals surface area contributed by atoms with Crippen molar-refractivity contribution in [3.63, 3.8) is 0 Å². The number of rotatable bonds is 2. The maximum atomic E-state index is 12.9. The van der Waals surface area contributed by atoms with Crippen molar-refractivity contribution in [2.75, 3.05) is 36.5 Å². The van der Waals surface area contributed by atoms with Crippen LogP contribution >= 0.6 is 0 Å². The fraction of sp³-hybridized carbons (Fsp3) is 0.368. The molecule has 1 amide bonds. The molecule has 8 heteroatoms. The molecule has 8 nitrogen and oxygen atoms in total. The van der Waals surface area contributed by atoms with Gasteiger partial charge in [-0.25, -0.2) is 0 Å². The number of benzene rings is 1. The lowest BCUT2D eigenvalue weighted by molar-refractivity contribution is -0.119. The van der Waals surface area contributed by atoms with Crippen molar-refractivity contribution in [3.8, 4) is 6.07 Å². The van der Waals surface area contributed by atoms with E-state index in [-0.39, 0.29) is 11.4 Å².